The summed E-state index contributed by atoms with van der Waals surface area (Å²) < 4.78 is 0. The first-order valence-electron chi connectivity index (χ1n) is 8.58. The Morgan fingerprint density at radius 3 is 2.61 bits per heavy atom. The number of thioether (sulfide) groups is 1. The van der Waals surface area contributed by atoms with E-state index < -0.39 is 5.97 Å². The van der Waals surface area contributed by atoms with Crippen molar-refractivity contribution in [3.05, 3.63) is 70.8 Å². The third kappa shape index (κ3) is 4.95. The smallest absolute Gasteiger partial charge is 0.335 e. The lowest BCUT2D eigenvalue weighted by atomic mass is 10.1. The fourth-order valence-corrected chi connectivity index (χ4v) is 3.38. The van der Waals surface area contributed by atoms with Gasteiger partial charge in [-0.1, -0.05) is 35.5 Å². The molecule has 3 rings (SSSR count). The summed E-state index contributed by atoms with van der Waals surface area (Å²) in [4.78, 5) is 27.4. The van der Waals surface area contributed by atoms with Crippen molar-refractivity contribution in [2.24, 2.45) is 5.10 Å². The molecule has 142 valence electrons. The number of hydrogen-bond donors (Lipinski definition) is 2. The molecule has 0 aliphatic rings. The minimum atomic E-state index is -0.985. The molecule has 0 saturated heterocycles. The van der Waals surface area contributed by atoms with E-state index >= 15 is 0 Å². The number of amides is 1. The number of aryl methyl sites for hydroxylation is 2. The molecule has 7 heteroatoms. The molecular weight excluding hydrogens is 374 g/mol. The van der Waals surface area contributed by atoms with Gasteiger partial charge in [-0.2, -0.15) is 5.10 Å². The average Bonchev–Trinajstić information content (AvgIpc) is 2.67. The summed E-state index contributed by atoms with van der Waals surface area (Å²) in [5.41, 5.74) is 6.58. The van der Waals surface area contributed by atoms with Gasteiger partial charge in [0.15, 0.2) is 0 Å². The number of carboxylic acid groups (broad SMARTS) is 1. The van der Waals surface area contributed by atoms with Gasteiger partial charge >= 0.3 is 5.97 Å². The maximum absolute atomic E-state index is 12.0. The summed E-state index contributed by atoms with van der Waals surface area (Å²) in [7, 11) is 0. The Labute approximate surface area is 166 Å². The van der Waals surface area contributed by atoms with E-state index in [0.717, 1.165) is 21.5 Å². The number of hydrogen-bond acceptors (Lipinski definition) is 5. The molecule has 0 spiro atoms. The summed E-state index contributed by atoms with van der Waals surface area (Å²) in [5.74, 6) is -1.03. The average molecular weight is 393 g/mol. The lowest BCUT2D eigenvalue weighted by Crippen LogP contribution is -2.19. The highest BCUT2D eigenvalue weighted by Gasteiger charge is 2.07. The summed E-state index contributed by atoms with van der Waals surface area (Å²) in [5, 5.41) is 14.7. The van der Waals surface area contributed by atoms with Gasteiger partial charge < -0.3 is 5.11 Å². The van der Waals surface area contributed by atoms with Crippen LogP contribution in [0, 0.1) is 13.8 Å². The fourth-order valence-electron chi connectivity index (χ4n) is 2.61. The first-order chi connectivity index (χ1) is 13.4. The first-order valence-corrected chi connectivity index (χ1v) is 9.57. The van der Waals surface area contributed by atoms with Crippen LogP contribution >= 0.6 is 11.8 Å². The summed E-state index contributed by atoms with van der Waals surface area (Å²) in [6.45, 7) is 4.08. The molecule has 0 saturated carbocycles. The van der Waals surface area contributed by atoms with Crippen LogP contribution in [0.15, 0.2) is 58.7 Å². The largest absolute Gasteiger partial charge is 0.478 e. The van der Waals surface area contributed by atoms with Gasteiger partial charge in [0, 0.05) is 5.39 Å². The van der Waals surface area contributed by atoms with E-state index in [1.54, 1.807) is 12.1 Å². The number of carbonyl (C=O) groups is 2. The quantitative estimate of drug-likeness (QED) is 0.378. The molecule has 0 aliphatic heterocycles. The van der Waals surface area contributed by atoms with Crippen molar-refractivity contribution in [1.82, 2.24) is 10.4 Å². The number of carboxylic acids is 1. The first kappa shape index (κ1) is 19.6. The number of pyridine rings is 1. The normalized spacial score (nSPS) is 11.1. The Morgan fingerprint density at radius 1 is 1.14 bits per heavy atom. The third-order valence-electron chi connectivity index (χ3n) is 4.06. The number of aromatic nitrogens is 1. The van der Waals surface area contributed by atoms with Crippen molar-refractivity contribution in [3.8, 4) is 0 Å². The Kier molecular flexibility index (Phi) is 6.06. The predicted molar refractivity (Wildman–Crippen MR) is 111 cm³/mol. The van der Waals surface area contributed by atoms with Crippen LogP contribution < -0.4 is 5.43 Å². The monoisotopic (exact) mass is 393 g/mol. The number of hydrazone groups is 1. The molecule has 0 unspecified atom stereocenters. The molecule has 3 aromatic rings. The van der Waals surface area contributed by atoms with E-state index in [2.05, 4.69) is 21.6 Å². The molecule has 6 nitrogen and oxygen atoms in total. The van der Waals surface area contributed by atoms with Crippen LogP contribution in [0.25, 0.3) is 10.9 Å². The molecule has 0 fully saturated rings. The molecule has 2 aromatic carbocycles. The van der Waals surface area contributed by atoms with Crippen LogP contribution in [0.2, 0.25) is 0 Å². The number of nitrogens with zero attached hydrogens (tertiary/aromatic N) is 2. The topological polar surface area (TPSA) is 91.7 Å². The molecule has 1 aromatic heterocycles. The zero-order chi connectivity index (χ0) is 20.1. The SMILES string of the molecule is Cc1ccc2nc(SCC(=O)N/N=C\c3ccc(C(=O)O)cc3)cc(C)c2c1. The second-order valence-corrected chi connectivity index (χ2v) is 7.30. The Bertz CT molecular complexity index is 1060. The molecular formula is C21H19N3O3S. The van der Waals surface area contributed by atoms with E-state index in [4.69, 9.17) is 5.11 Å². The van der Waals surface area contributed by atoms with Crippen LogP contribution in [0.3, 0.4) is 0 Å². The van der Waals surface area contributed by atoms with Crippen molar-refractivity contribution < 1.29 is 14.7 Å². The van der Waals surface area contributed by atoms with Crippen LogP contribution in [-0.4, -0.2) is 33.9 Å². The summed E-state index contributed by atoms with van der Waals surface area (Å²) >= 11 is 1.35. The molecule has 2 N–H and O–H groups in total. The van der Waals surface area contributed by atoms with E-state index in [1.807, 2.05) is 32.0 Å². The number of carbonyl (C=O) groups excluding carboxylic acids is 1. The van der Waals surface area contributed by atoms with Crippen molar-refractivity contribution in [1.29, 1.82) is 0 Å². The zero-order valence-corrected chi connectivity index (χ0v) is 16.3. The number of benzene rings is 2. The minimum Gasteiger partial charge on any atom is -0.478 e. The third-order valence-corrected chi connectivity index (χ3v) is 4.97. The van der Waals surface area contributed by atoms with Crippen LogP contribution in [0.1, 0.15) is 27.0 Å². The Balaban J connectivity index is 1.56. The fraction of sp³-hybridized carbons (Fsp3) is 0.143. The van der Waals surface area contributed by atoms with Crippen molar-refractivity contribution >= 4 is 40.8 Å². The Morgan fingerprint density at radius 2 is 1.89 bits per heavy atom. The molecule has 0 radical (unpaired) electrons. The second-order valence-electron chi connectivity index (χ2n) is 6.31. The number of aromatic carboxylic acids is 1. The maximum Gasteiger partial charge on any atom is 0.335 e. The number of fused-ring (bicyclic) bond motifs is 1. The van der Waals surface area contributed by atoms with Crippen LogP contribution in [-0.2, 0) is 4.79 Å². The van der Waals surface area contributed by atoms with Crippen molar-refractivity contribution in [2.75, 3.05) is 5.75 Å². The van der Waals surface area contributed by atoms with E-state index in [0.29, 0.717) is 5.56 Å². The molecule has 0 aliphatic carbocycles. The van der Waals surface area contributed by atoms with Gasteiger partial charge in [-0.05, 0) is 55.3 Å². The van der Waals surface area contributed by atoms with Crippen LogP contribution in [0.4, 0.5) is 0 Å². The van der Waals surface area contributed by atoms with Crippen LogP contribution in [0.5, 0.6) is 0 Å². The maximum atomic E-state index is 12.0. The Hall–Kier alpha value is -3.19. The van der Waals surface area contributed by atoms with E-state index in [1.165, 1.54) is 35.7 Å². The standard InChI is InChI=1S/C21H19N3O3S/c1-13-3-8-18-17(9-13)14(2)10-20(23-18)28-12-19(25)24-22-11-15-4-6-16(7-5-15)21(26)27/h3-11H,12H2,1-2H3,(H,24,25)(H,26,27)/b22-11-. The van der Waals surface area contributed by atoms with Gasteiger partial charge in [0.2, 0.25) is 5.91 Å². The highest BCUT2D eigenvalue weighted by Crippen LogP contribution is 2.24. The highest BCUT2D eigenvalue weighted by atomic mass is 32.2. The minimum absolute atomic E-state index is 0.194. The molecule has 1 heterocycles. The van der Waals surface area contributed by atoms with Gasteiger partial charge in [0.1, 0.15) is 0 Å². The molecule has 28 heavy (non-hydrogen) atoms. The lowest BCUT2D eigenvalue weighted by molar-refractivity contribution is -0.118. The van der Waals surface area contributed by atoms with Crippen molar-refractivity contribution in [3.63, 3.8) is 0 Å². The summed E-state index contributed by atoms with van der Waals surface area (Å²) in [6.07, 6.45) is 1.47. The molecule has 0 bridgehead atoms. The summed E-state index contributed by atoms with van der Waals surface area (Å²) in [6, 6.07) is 14.3. The van der Waals surface area contributed by atoms with E-state index in [9.17, 15) is 9.59 Å². The van der Waals surface area contributed by atoms with Gasteiger partial charge in [-0.3, -0.25) is 4.79 Å². The predicted octanol–water partition coefficient (Wildman–Crippen LogP) is 3.79. The lowest BCUT2D eigenvalue weighted by Gasteiger charge is -2.07. The second kappa shape index (κ2) is 8.67. The van der Waals surface area contributed by atoms with Gasteiger partial charge in [-0.25, -0.2) is 15.2 Å². The number of nitrogens with one attached hydrogen (secondary N) is 1. The molecule has 1 amide bonds. The number of rotatable bonds is 6. The molecule has 0 atom stereocenters. The van der Waals surface area contributed by atoms with E-state index in [-0.39, 0.29) is 17.2 Å². The van der Waals surface area contributed by atoms with Crippen molar-refractivity contribution in [2.45, 2.75) is 18.9 Å². The highest BCUT2D eigenvalue weighted by molar-refractivity contribution is 7.99. The van der Waals surface area contributed by atoms with Gasteiger partial charge in [0.25, 0.3) is 0 Å². The van der Waals surface area contributed by atoms with Gasteiger partial charge in [-0.15, -0.1) is 0 Å². The van der Waals surface area contributed by atoms with Gasteiger partial charge in [0.05, 0.1) is 28.1 Å². The zero-order valence-electron chi connectivity index (χ0n) is 15.5.